The molecule has 0 aromatic carbocycles. The number of hydrogen-bond acceptors (Lipinski definition) is 5. The van der Waals surface area contributed by atoms with Gasteiger partial charge >= 0.3 is 5.97 Å². The molecule has 3 atom stereocenters. The first-order chi connectivity index (χ1) is 12.7. The zero-order valence-electron chi connectivity index (χ0n) is 17.5. The average molecular weight is 381 g/mol. The lowest BCUT2D eigenvalue weighted by Gasteiger charge is -2.35. The number of carbonyl (C=O) groups excluding carboxylic acids is 2. The Morgan fingerprint density at radius 1 is 1.37 bits per heavy atom. The van der Waals surface area contributed by atoms with Crippen molar-refractivity contribution in [1.82, 2.24) is 0 Å². The minimum atomic E-state index is -0.584. The van der Waals surface area contributed by atoms with Gasteiger partial charge in [-0.25, -0.2) is 0 Å². The van der Waals surface area contributed by atoms with Crippen LogP contribution in [0.3, 0.4) is 0 Å². The number of rotatable bonds is 9. The molecule has 0 saturated carbocycles. The highest BCUT2D eigenvalue weighted by molar-refractivity contribution is 5.82. The summed E-state index contributed by atoms with van der Waals surface area (Å²) in [4.78, 5) is 23.7. The number of esters is 1. The van der Waals surface area contributed by atoms with Gasteiger partial charge in [-0.05, 0) is 58.4 Å². The van der Waals surface area contributed by atoms with Crippen molar-refractivity contribution in [3.05, 3.63) is 23.3 Å². The number of carbonyl (C=O) groups is 2. The van der Waals surface area contributed by atoms with Gasteiger partial charge in [-0.3, -0.25) is 9.59 Å². The van der Waals surface area contributed by atoms with Gasteiger partial charge in [0.15, 0.2) is 0 Å². The molecule has 5 heteroatoms. The molecule has 1 N–H and O–H groups in total. The third-order valence-corrected chi connectivity index (χ3v) is 5.26. The van der Waals surface area contributed by atoms with Crippen molar-refractivity contribution in [3.8, 4) is 0 Å². The lowest BCUT2D eigenvalue weighted by molar-refractivity contribution is -0.167. The summed E-state index contributed by atoms with van der Waals surface area (Å²) < 4.78 is 11.7. The fourth-order valence-corrected chi connectivity index (χ4v) is 3.38. The molecule has 0 radical (unpaired) electrons. The SMILES string of the molecule is CC(=O)O[C@@H]1CCC(=CCO)CO[C@@]1(C)CCCC(C)C(=O)CC=C(C)C. The summed E-state index contributed by atoms with van der Waals surface area (Å²) in [7, 11) is 0. The topological polar surface area (TPSA) is 72.8 Å². The molecule has 0 aliphatic carbocycles. The maximum absolute atomic E-state index is 12.2. The monoisotopic (exact) mass is 380 g/mol. The van der Waals surface area contributed by atoms with Crippen LogP contribution in [-0.4, -0.2) is 41.8 Å². The Morgan fingerprint density at radius 3 is 2.67 bits per heavy atom. The molecule has 0 aromatic rings. The predicted molar refractivity (Wildman–Crippen MR) is 106 cm³/mol. The van der Waals surface area contributed by atoms with Gasteiger partial charge in [0.1, 0.15) is 17.5 Å². The van der Waals surface area contributed by atoms with Crippen molar-refractivity contribution in [1.29, 1.82) is 0 Å². The van der Waals surface area contributed by atoms with Gasteiger partial charge in [-0.2, -0.15) is 0 Å². The van der Waals surface area contributed by atoms with E-state index in [0.29, 0.717) is 19.4 Å². The lowest BCUT2D eigenvalue weighted by Crippen LogP contribution is -2.43. The third-order valence-electron chi connectivity index (χ3n) is 5.26. The minimum absolute atomic E-state index is 0.00648. The van der Waals surface area contributed by atoms with Crippen LogP contribution in [0.1, 0.15) is 73.1 Å². The highest BCUT2D eigenvalue weighted by atomic mass is 16.6. The Morgan fingerprint density at radius 2 is 2.07 bits per heavy atom. The largest absolute Gasteiger partial charge is 0.459 e. The second kappa shape index (κ2) is 11.4. The van der Waals surface area contributed by atoms with Crippen molar-refractivity contribution in [2.24, 2.45) is 5.92 Å². The number of ketones is 1. The summed E-state index contributed by atoms with van der Waals surface area (Å²) in [5.74, 6) is -0.0467. The third kappa shape index (κ3) is 8.39. The summed E-state index contributed by atoms with van der Waals surface area (Å²) >= 11 is 0. The van der Waals surface area contributed by atoms with E-state index in [9.17, 15) is 9.59 Å². The van der Waals surface area contributed by atoms with Gasteiger partial charge in [0.25, 0.3) is 0 Å². The van der Waals surface area contributed by atoms with Crippen LogP contribution in [0.15, 0.2) is 23.3 Å². The quantitative estimate of drug-likeness (QED) is 0.481. The van der Waals surface area contributed by atoms with Crippen LogP contribution in [0.25, 0.3) is 0 Å². The molecule has 1 fully saturated rings. The molecule has 1 rings (SSSR count). The normalized spacial score (nSPS) is 25.6. The molecule has 1 saturated heterocycles. The molecule has 0 aromatic heterocycles. The van der Waals surface area contributed by atoms with E-state index in [-0.39, 0.29) is 30.4 Å². The molecule has 154 valence electrons. The van der Waals surface area contributed by atoms with E-state index in [0.717, 1.165) is 36.8 Å². The molecule has 0 bridgehead atoms. The minimum Gasteiger partial charge on any atom is -0.459 e. The van der Waals surface area contributed by atoms with E-state index < -0.39 is 5.60 Å². The van der Waals surface area contributed by atoms with Crippen molar-refractivity contribution < 1.29 is 24.2 Å². The summed E-state index contributed by atoms with van der Waals surface area (Å²) in [5.41, 5.74) is 1.61. The van der Waals surface area contributed by atoms with Gasteiger partial charge in [-0.1, -0.05) is 24.6 Å². The number of aliphatic hydroxyl groups excluding tert-OH is 1. The summed E-state index contributed by atoms with van der Waals surface area (Å²) in [5, 5.41) is 9.13. The zero-order chi connectivity index (χ0) is 20.4. The fraction of sp³-hybridized carbons (Fsp3) is 0.727. The maximum Gasteiger partial charge on any atom is 0.303 e. The predicted octanol–water partition coefficient (Wildman–Crippen LogP) is 4.14. The smallest absolute Gasteiger partial charge is 0.303 e. The van der Waals surface area contributed by atoms with Gasteiger partial charge in [0.2, 0.25) is 0 Å². The number of allylic oxidation sites excluding steroid dienone is 2. The van der Waals surface area contributed by atoms with E-state index in [1.165, 1.54) is 6.92 Å². The van der Waals surface area contributed by atoms with Gasteiger partial charge in [0, 0.05) is 19.3 Å². The van der Waals surface area contributed by atoms with Crippen LogP contribution in [0.4, 0.5) is 0 Å². The van der Waals surface area contributed by atoms with Crippen LogP contribution in [0.2, 0.25) is 0 Å². The van der Waals surface area contributed by atoms with E-state index in [1.807, 2.05) is 33.8 Å². The Hall–Kier alpha value is -1.46. The van der Waals surface area contributed by atoms with Crippen molar-refractivity contribution in [2.45, 2.75) is 84.8 Å². The molecular formula is C22H36O5. The first-order valence-electron chi connectivity index (χ1n) is 9.94. The summed E-state index contributed by atoms with van der Waals surface area (Å²) in [6.45, 7) is 9.79. The van der Waals surface area contributed by atoms with Gasteiger partial charge < -0.3 is 14.6 Å². The molecule has 0 amide bonds. The zero-order valence-corrected chi connectivity index (χ0v) is 17.5. The number of aliphatic hydroxyl groups is 1. The van der Waals surface area contributed by atoms with Crippen LogP contribution < -0.4 is 0 Å². The summed E-state index contributed by atoms with van der Waals surface area (Å²) in [6, 6.07) is 0. The Bertz CT molecular complexity index is 559. The average Bonchev–Trinajstić information content (AvgIpc) is 2.73. The first-order valence-corrected chi connectivity index (χ1v) is 9.94. The molecule has 1 aliphatic rings. The van der Waals surface area contributed by atoms with Crippen molar-refractivity contribution in [3.63, 3.8) is 0 Å². The van der Waals surface area contributed by atoms with E-state index in [4.69, 9.17) is 14.6 Å². The van der Waals surface area contributed by atoms with Crippen LogP contribution >= 0.6 is 0 Å². The van der Waals surface area contributed by atoms with Crippen molar-refractivity contribution >= 4 is 11.8 Å². The first kappa shape index (κ1) is 23.6. The second-order valence-corrected chi connectivity index (χ2v) is 8.03. The highest BCUT2D eigenvalue weighted by Crippen LogP contribution is 2.34. The molecule has 1 aliphatic heterocycles. The molecule has 0 spiro atoms. The number of Topliss-reactive ketones (excluding diaryl/α,β-unsaturated/α-hetero) is 1. The van der Waals surface area contributed by atoms with Crippen LogP contribution in [-0.2, 0) is 19.1 Å². The van der Waals surface area contributed by atoms with E-state index in [1.54, 1.807) is 6.08 Å². The van der Waals surface area contributed by atoms with E-state index >= 15 is 0 Å². The summed E-state index contributed by atoms with van der Waals surface area (Å²) in [6.07, 6.45) is 7.66. The second-order valence-electron chi connectivity index (χ2n) is 8.03. The van der Waals surface area contributed by atoms with Crippen LogP contribution in [0, 0.1) is 5.92 Å². The Balaban J connectivity index is 2.68. The lowest BCUT2D eigenvalue weighted by atomic mass is 9.87. The number of ether oxygens (including phenoxy) is 2. The molecule has 1 unspecified atom stereocenters. The molecule has 5 nitrogen and oxygen atoms in total. The van der Waals surface area contributed by atoms with Gasteiger partial charge in [-0.15, -0.1) is 0 Å². The number of hydrogen-bond donors (Lipinski definition) is 1. The Kier molecular flexibility index (Phi) is 9.95. The molecular weight excluding hydrogens is 344 g/mol. The van der Waals surface area contributed by atoms with E-state index in [2.05, 4.69) is 0 Å². The van der Waals surface area contributed by atoms with Crippen molar-refractivity contribution in [2.75, 3.05) is 13.2 Å². The van der Waals surface area contributed by atoms with Gasteiger partial charge in [0.05, 0.1) is 13.2 Å². The molecule has 27 heavy (non-hydrogen) atoms. The molecule has 1 heterocycles. The standard InChI is InChI=1S/C22H36O5/c1-16(2)8-10-20(25)17(3)7-6-13-22(5)21(27-18(4)24)11-9-19(12-14-23)15-26-22/h8,12,17,21,23H,6-7,9-11,13-15H2,1-5H3/t17?,21-,22+/m1/s1. The fourth-order valence-electron chi connectivity index (χ4n) is 3.38. The maximum atomic E-state index is 12.2. The van der Waals surface area contributed by atoms with Crippen LogP contribution in [0.5, 0.6) is 0 Å². The highest BCUT2D eigenvalue weighted by Gasteiger charge is 2.39. The Labute approximate surface area is 163 Å².